The maximum absolute atomic E-state index is 5.79. The van der Waals surface area contributed by atoms with E-state index < -0.39 is 0 Å². The van der Waals surface area contributed by atoms with E-state index in [0.717, 1.165) is 15.7 Å². The number of hydrogen-bond acceptors (Lipinski definition) is 3. The standard InChI is InChI=1S/C13H14BrN3/c1-8-3-4-10(14)7-11(8)12-5-6-16-13(17-12)9(2)15/h3-7,9H,15H2,1-2H3. The molecule has 17 heavy (non-hydrogen) atoms. The molecule has 0 saturated carbocycles. The first kappa shape index (κ1) is 12.2. The molecule has 0 aliphatic heterocycles. The van der Waals surface area contributed by atoms with Crippen molar-refractivity contribution in [2.45, 2.75) is 19.9 Å². The van der Waals surface area contributed by atoms with E-state index in [0.29, 0.717) is 5.82 Å². The van der Waals surface area contributed by atoms with Crippen LogP contribution in [0.1, 0.15) is 24.4 Å². The summed E-state index contributed by atoms with van der Waals surface area (Å²) in [4.78, 5) is 8.66. The van der Waals surface area contributed by atoms with E-state index >= 15 is 0 Å². The molecule has 0 amide bonds. The highest BCUT2D eigenvalue weighted by molar-refractivity contribution is 9.10. The van der Waals surface area contributed by atoms with Crippen molar-refractivity contribution in [3.05, 3.63) is 46.3 Å². The summed E-state index contributed by atoms with van der Waals surface area (Å²) in [5.41, 5.74) is 8.99. The highest BCUT2D eigenvalue weighted by Crippen LogP contribution is 2.25. The van der Waals surface area contributed by atoms with Crippen LogP contribution in [0.25, 0.3) is 11.3 Å². The van der Waals surface area contributed by atoms with E-state index in [1.807, 2.05) is 19.1 Å². The Labute approximate surface area is 109 Å². The summed E-state index contributed by atoms with van der Waals surface area (Å²) in [6.07, 6.45) is 1.75. The normalized spacial score (nSPS) is 12.5. The number of aryl methyl sites for hydroxylation is 1. The summed E-state index contributed by atoms with van der Waals surface area (Å²) in [7, 11) is 0. The van der Waals surface area contributed by atoms with Crippen LogP contribution in [0, 0.1) is 6.92 Å². The molecule has 0 aliphatic carbocycles. The van der Waals surface area contributed by atoms with Crippen LogP contribution >= 0.6 is 15.9 Å². The third kappa shape index (κ3) is 2.70. The molecule has 0 radical (unpaired) electrons. The van der Waals surface area contributed by atoms with Gasteiger partial charge >= 0.3 is 0 Å². The molecule has 0 aliphatic rings. The predicted molar refractivity (Wildman–Crippen MR) is 72.5 cm³/mol. The molecule has 1 unspecified atom stereocenters. The lowest BCUT2D eigenvalue weighted by Crippen LogP contribution is -2.10. The van der Waals surface area contributed by atoms with Crippen LogP contribution in [0.3, 0.4) is 0 Å². The maximum Gasteiger partial charge on any atom is 0.145 e. The topological polar surface area (TPSA) is 51.8 Å². The zero-order valence-corrected chi connectivity index (χ0v) is 11.4. The monoisotopic (exact) mass is 291 g/mol. The van der Waals surface area contributed by atoms with Crippen LogP contribution in [0.2, 0.25) is 0 Å². The molecule has 0 spiro atoms. The lowest BCUT2D eigenvalue weighted by Gasteiger charge is -2.09. The number of nitrogens with two attached hydrogens (primary N) is 1. The van der Waals surface area contributed by atoms with Crippen molar-refractivity contribution in [2.24, 2.45) is 5.73 Å². The van der Waals surface area contributed by atoms with E-state index in [4.69, 9.17) is 5.73 Å². The van der Waals surface area contributed by atoms with Crippen LogP contribution in [-0.4, -0.2) is 9.97 Å². The van der Waals surface area contributed by atoms with Crippen LogP contribution in [-0.2, 0) is 0 Å². The number of rotatable bonds is 2. The molecule has 2 N–H and O–H groups in total. The van der Waals surface area contributed by atoms with Gasteiger partial charge < -0.3 is 5.73 Å². The first-order chi connectivity index (χ1) is 8.08. The third-order valence-electron chi connectivity index (χ3n) is 2.56. The van der Waals surface area contributed by atoms with Crippen molar-refractivity contribution in [3.63, 3.8) is 0 Å². The van der Waals surface area contributed by atoms with Crippen LogP contribution in [0.5, 0.6) is 0 Å². The van der Waals surface area contributed by atoms with E-state index in [9.17, 15) is 0 Å². The maximum atomic E-state index is 5.79. The van der Waals surface area contributed by atoms with Crippen molar-refractivity contribution in [1.82, 2.24) is 9.97 Å². The Morgan fingerprint density at radius 3 is 2.76 bits per heavy atom. The van der Waals surface area contributed by atoms with Gasteiger partial charge in [-0.3, -0.25) is 0 Å². The minimum Gasteiger partial charge on any atom is -0.322 e. The quantitative estimate of drug-likeness (QED) is 0.924. The van der Waals surface area contributed by atoms with Gasteiger partial charge in [0.2, 0.25) is 0 Å². The summed E-state index contributed by atoms with van der Waals surface area (Å²) in [6.45, 7) is 3.95. The van der Waals surface area contributed by atoms with Crippen molar-refractivity contribution in [3.8, 4) is 11.3 Å². The second-order valence-electron chi connectivity index (χ2n) is 4.05. The third-order valence-corrected chi connectivity index (χ3v) is 3.05. The summed E-state index contributed by atoms with van der Waals surface area (Å²) >= 11 is 3.47. The molecule has 2 aromatic rings. The number of nitrogens with zero attached hydrogens (tertiary/aromatic N) is 2. The highest BCUT2D eigenvalue weighted by Gasteiger charge is 2.08. The molecule has 0 bridgehead atoms. The fourth-order valence-corrected chi connectivity index (χ4v) is 1.97. The van der Waals surface area contributed by atoms with Crippen LogP contribution < -0.4 is 5.73 Å². The second-order valence-corrected chi connectivity index (χ2v) is 4.96. The molecule has 4 heteroatoms. The van der Waals surface area contributed by atoms with Crippen molar-refractivity contribution >= 4 is 15.9 Å². The number of benzene rings is 1. The highest BCUT2D eigenvalue weighted by atomic mass is 79.9. The average Bonchev–Trinajstić information content (AvgIpc) is 2.32. The predicted octanol–water partition coefficient (Wildman–Crippen LogP) is 3.23. The molecule has 1 heterocycles. The van der Waals surface area contributed by atoms with Gasteiger partial charge in [-0.1, -0.05) is 22.0 Å². The molecule has 0 fully saturated rings. The summed E-state index contributed by atoms with van der Waals surface area (Å²) in [5, 5.41) is 0. The fourth-order valence-electron chi connectivity index (χ4n) is 1.61. The van der Waals surface area contributed by atoms with Gasteiger partial charge in [0.15, 0.2) is 0 Å². The zero-order chi connectivity index (χ0) is 12.4. The molecule has 1 atom stereocenters. The molecular formula is C13H14BrN3. The lowest BCUT2D eigenvalue weighted by atomic mass is 10.1. The van der Waals surface area contributed by atoms with Crippen molar-refractivity contribution in [1.29, 1.82) is 0 Å². The van der Waals surface area contributed by atoms with E-state index in [1.54, 1.807) is 6.20 Å². The molecule has 3 nitrogen and oxygen atoms in total. The van der Waals surface area contributed by atoms with Crippen molar-refractivity contribution < 1.29 is 0 Å². The Kier molecular flexibility index (Phi) is 3.54. The summed E-state index contributed by atoms with van der Waals surface area (Å²) in [6, 6.07) is 7.89. The van der Waals surface area contributed by atoms with Gasteiger partial charge in [0.25, 0.3) is 0 Å². The van der Waals surface area contributed by atoms with Gasteiger partial charge in [0, 0.05) is 16.2 Å². The minimum atomic E-state index is -0.151. The van der Waals surface area contributed by atoms with Gasteiger partial charge in [0.1, 0.15) is 5.82 Å². The average molecular weight is 292 g/mol. The minimum absolute atomic E-state index is 0.151. The number of hydrogen-bond donors (Lipinski definition) is 1. The van der Waals surface area contributed by atoms with Crippen LogP contribution in [0.15, 0.2) is 34.9 Å². The fraction of sp³-hybridized carbons (Fsp3) is 0.231. The largest absolute Gasteiger partial charge is 0.322 e. The van der Waals surface area contributed by atoms with Gasteiger partial charge in [-0.05, 0) is 37.6 Å². The Morgan fingerprint density at radius 2 is 2.06 bits per heavy atom. The first-order valence-corrected chi connectivity index (χ1v) is 6.22. The smallest absolute Gasteiger partial charge is 0.145 e. The van der Waals surface area contributed by atoms with Gasteiger partial charge in [-0.25, -0.2) is 9.97 Å². The summed E-state index contributed by atoms with van der Waals surface area (Å²) < 4.78 is 1.04. The van der Waals surface area contributed by atoms with Gasteiger partial charge in [-0.2, -0.15) is 0 Å². The molecule has 2 rings (SSSR count). The molecule has 1 aromatic heterocycles. The Balaban J connectivity index is 2.52. The number of halogens is 1. The SMILES string of the molecule is Cc1ccc(Br)cc1-c1ccnc(C(C)N)n1. The molecule has 0 saturated heterocycles. The second kappa shape index (κ2) is 4.94. The van der Waals surface area contributed by atoms with E-state index in [1.165, 1.54) is 5.56 Å². The Morgan fingerprint density at radius 1 is 1.29 bits per heavy atom. The zero-order valence-electron chi connectivity index (χ0n) is 9.81. The molecular weight excluding hydrogens is 278 g/mol. The molecule has 1 aromatic carbocycles. The van der Waals surface area contributed by atoms with Crippen molar-refractivity contribution in [2.75, 3.05) is 0 Å². The summed E-state index contributed by atoms with van der Waals surface area (Å²) in [5.74, 6) is 0.668. The Hall–Kier alpha value is -1.26. The first-order valence-electron chi connectivity index (χ1n) is 5.43. The van der Waals surface area contributed by atoms with E-state index in [-0.39, 0.29) is 6.04 Å². The van der Waals surface area contributed by atoms with E-state index in [2.05, 4.69) is 45.0 Å². The van der Waals surface area contributed by atoms with Gasteiger partial charge in [0.05, 0.1) is 11.7 Å². The molecule has 88 valence electrons. The Bertz CT molecular complexity index is 538. The number of aromatic nitrogens is 2. The van der Waals surface area contributed by atoms with Crippen LogP contribution in [0.4, 0.5) is 0 Å². The van der Waals surface area contributed by atoms with Gasteiger partial charge in [-0.15, -0.1) is 0 Å². The lowest BCUT2D eigenvalue weighted by molar-refractivity contribution is 0.740.